The Kier molecular flexibility index (Phi) is 7.26. The number of hydrogen-bond donors (Lipinski definition) is 5. The van der Waals surface area contributed by atoms with E-state index in [0.717, 1.165) is 11.1 Å². The summed E-state index contributed by atoms with van der Waals surface area (Å²) in [7, 11) is 1.47. The molecule has 0 saturated heterocycles. The van der Waals surface area contributed by atoms with Gasteiger partial charge in [0.05, 0.1) is 13.7 Å². The zero-order chi connectivity index (χ0) is 19.1. The maximum absolute atomic E-state index is 9.82. The number of aliphatic hydroxyl groups is 3. The molecule has 0 spiro atoms. The van der Waals surface area contributed by atoms with Crippen molar-refractivity contribution in [3.8, 4) is 17.2 Å². The minimum Gasteiger partial charge on any atom is -0.508 e. The predicted octanol–water partition coefficient (Wildman–Crippen LogP) is 1.60. The Balaban J connectivity index is 2.15. The summed E-state index contributed by atoms with van der Waals surface area (Å²) >= 11 is 0. The fourth-order valence-electron chi connectivity index (χ4n) is 3.11. The smallest absolute Gasteiger partial charge is 0.160 e. The molecule has 6 nitrogen and oxygen atoms in total. The number of methoxy groups -OCH3 is 1. The molecule has 0 amide bonds. The van der Waals surface area contributed by atoms with Gasteiger partial charge in [0.15, 0.2) is 11.5 Å². The maximum Gasteiger partial charge on any atom is 0.160 e. The largest absolute Gasteiger partial charge is 0.508 e. The van der Waals surface area contributed by atoms with E-state index in [2.05, 4.69) is 0 Å². The molecule has 0 radical (unpaired) electrons. The van der Waals surface area contributed by atoms with E-state index >= 15 is 0 Å². The van der Waals surface area contributed by atoms with E-state index in [1.165, 1.54) is 13.2 Å². The molecule has 0 aromatic heterocycles. The van der Waals surface area contributed by atoms with Crippen molar-refractivity contribution >= 4 is 0 Å². The van der Waals surface area contributed by atoms with Crippen LogP contribution in [-0.2, 0) is 19.4 Å². The molecular formula is C20H26O6. The number of ether oxygens (including phenoxy) is 1. The van der Waals surface area contributed by atoms with Crippen LogP contribution in [0.25, 0.3) is 0 Å². The van der Waals surface area contributed by atoms with Gasteiger partial charge in [-0.05, 0) is 60.1 Å². The average Bonchev–Trinajstić information content (AvgIpc) is 2.66. The fraction of sp³-hybridized carbons (Fsp3) is 0.400. The van der Waals surface area contributed by atoms with Crippen molar-refractivity contribution in [2.45, 2.75) is 19.4 Å². The van der Waals surface area contributed by atoms with Gasteiger partial charge in [0, 0.05) is 18.8 Å². The first-order valence-corrected chi connectivity index (χ1v) is 8.51. The van der Waals surface area contributed by atoms with E-state index in [0.29, 0.717) is 24.2 Å². The van der Waals surface area contributed by atoms with Crippen LogP contribution in [0.15, 0.2) is 36.4 Å². The van der Waals surface area contributed by atoms with Crippen molar-refractivity contribution in [2.75, 3.05) is 20.3 Å². The molecule has 5 N–H and O–H groups in total. The fourth-order valence-corrected chi connectivity index (χ4v) is 3.11. The second-order valence-corrected chi connectivity index (χ2v) is 6.42. The first kappa shape index (κ1) is 20.0. The molecule has 2 aromatic carbocycles. The molecule has 0 saturated carbocycles. The van der Waals surface area contributed by atoms with Crippen molar-refractivity contribution in [1.29, 1.82) is 0 Å². The van der Waals surface area contributed by atoms with Crippen LogP contribution in [0.5, 0.6) is 17.2 Å². The molecule has 0 fully saturated rings. The van der Waals surface area contributed by atoms with E-state index in [1.807, 2.05) is 0 Å². The third-order valence-corrected chi connectivity index (χ3v) is 4.69. The summed E-state index contributed by atoms with van der Waals surface area (Å²) in [5.41, 5.74) is 2.19. The SMILES string of the molecule is COc1cc(C[C@@H](CO)[C@H](CO)Cc2ccc(O)c(CO)c2)ccc1O. The maximum atomic E-state index is 9.82. The lowest BCUT2D eigenvalue weighted by atomic mass is 9.83. The van der Waals surface area contributed by atoms with Crippen molar-refractivity contribution in [1.82, 2.24) is 0 Å². The lowest BCUT2D eigenvalue weighted by Gasteiger charge is -2.24. The second kappa shape index (κ2) is 9.43. The minimum atomic E-state index is -0.264. The Morgan fingerprint density at radius 3 is 1.85 bits per heavy atom. The third-order valence-electron chi connectivity index (χ3n) is 4.69. The van der Waals surface area contributed by atoms with Crippen molar-refractivity contribution in [3.05, 3.63) is 53.1 Å². The van der Waals surface area contributed by atoms with Gasteiger partial charge in [0.2, 0.25) is 0 Å². The first-order valence-electron chi connectivity index (χ1n) is 8.51. The Bertz CT molecular complexity index is 654. The molecule has 0 unspecified atom stereocenters. The van der Waals surface area contributed by atoms with Crippen LogP contribution in [-0.4, -0.2) is 45.9 Å². The first-order chi connectivity index (χ1) is 12.5. The van der Waals surface area contributed by atoms with E-state index < -0.39 is 0 Å². The molecule has 142 valence electrons. The van der Waals surface area contributed by atoms with Crippen LogP contribution in [0.2, 0.25) is 0 Å². The lowest BCUT2D eigenvalue weighted by Crippen LogP contribution is -2.26. The number of aliphatic hydroxyl groups excluding tert-OH is 3. The van der Waals surface area contributed by atoms with Crippen LogP contribution in [0, 0.1) is 11.8 Å². The van der Waals surface area contributed by atoms with Crippen molar-refractivity contribution in [3.63, 3.8) is 0 Å². The van der Waals surface area contributed by atoms with Crippen molar-refractivity contribution < 1.29 is 30.3 Å². The van der Waals surface area contributed by atoms with Gasteiger partial charge in [-0.1, -0.05) is 12.1 Å². The zero-order valence-corrected chi connectivity index (χ0v) is 14.8. The number of hydrogen-bond acceptors (Lipinski definition) is 6. The molecular weight excluding hydrogens is 336 g/mol. The highest BCUT2D eigenvalue weighted by atomic mass is 16.5. The molecule has 0 aliphatic rings. The van der Waals surface area contributed by atoms with Crippen molar-refractivity contribution in [2.24, 2.45) is 11.8 Å². The summed E-state index contributed by atoms with van der Waals surface area (Å²) in [5, 5.41) is 48.3. The van der Waals surface area contributed by atoms with Gasteiger partial charge < -0.3 is 30.3 Å². The zero-order valence-electron chi connectivity index (χ0n) is 14.8. The number of rotatable bonds is 9. The molecule has 0 aliphatic carbocycles. The van der Waals surface area contributed by atoms with Crippen LogP contribution in [0.1, 0.15) is 16.7 Å². The highest BCUT2D eigenvalue weighted by Crippen LogP contribution is 2.29. The van der Waals surface area contributed by atoms with Crippen LogP contribution in [0.4, 0.5) is 0 Å². The summed E-state index contributed by atoms with van der Waals surface area (Å²) in [6.45, 7) is -0.463. The number of phenolic OH excluding ortho intramolecular Hbond substituents is 1. The molecule has 0 aliphatic heterocycles. The summed E-state index contributed by atoms with van der Waals surface area (Å²) in [4.78, 5) is 0. The quantitative estimate of drug-likeness (QED) is 0.463. The van der Waals surface area contributed by atoms with E-state index in [4.69, 9.17) is 4.74 Å². The third kappa shape index (κ3) is 4.88. The highest BCUT2D eigenvalue weighted by molar-refractivity contribution is 5.42. The Morgan fingerprint density at radius 2 is 1.35 bits per heavy atom. The molecule has 2 atom stereocenters. The number of aromatic hydroxyl groups is 2. The number of benzene rings is 2. The standard InChI is InChI=1S/C20H26O6/c1-26-20-9-14(3-5-19(20)25)7-16(11-22)15(10-21)6-13-2-4-18(24)17(8-13)12-23/h2-5,8-9,15-16,21-25H,6-7,10-12H2,1H3/t15-,16-/m0/s1. The van der Waals surface area contributed by atoms with Gasteiger partial charge >= 0.3 is 0 Å². The summed E-state index contributed by atoms with van der Waals surface area (Å²) < 4.78 is 5.11. The van der Waals surface area contributed by atoms with Gasteiger partial charge in [-0.15, -0.1) is 0 Å². The molecule has 2 aromatic rings. The van der Waals surface area contributed by atoms with Gasteiger partial charge in [-0.3, -0.25) is 0 Å². The topological polar surface area (TPSA) is 110 Å². The number of phenols is 2. The molecule has 2 rings (SSSR count). The van der Waals surface area contributed by atoms with Gasteiger partial charge in [0.1, 0.15) is 5.75 Å². The molecule has 6 heteroatoms. The minimum absolute atomic E-state index is 0.0340. The predicted molar refractivity (Wildman–Crippen MR) is 97.2 cm³/mol. The van der Waals surface area contributed by atoms with Gasteiger partial charge in [0.25, 0.3) is 0 Å². The lowest BCUT2D eigenvalue weighted by molar-refractivity contribution is 0.119. The highest BCUT2D eigenvalue weighted by Gasteiger charge is 2.22. The van der Waals surface area contributed by atoms with Crippen LogP contribution >= 0.6 is 0 Å². The van der Waals surface area contributed by atoms with Gasteiger partial charge in [-0.2, -0.15) is 0 Å². The Labute approximate surface area is 152 Å². The second-order valence-electron chi connectivity index (χ2n) is 6.42. The summed E-state index contributed by atoms with van der Waals surface area (Å²) in [5.74, 6) is 0.0604. The average molecular weight is 362 g/mol. The van der Waals surface area contributed by atoms with Crippen LogP contribution < -0.4 is 4.74 Å². The normalized spacial score (nSPS) is 13.4. The Morgan fingerprint density at radius 1 is 0.808 bits per heavy atom. The molecule has 0 heterocycles. The molecule has 0 bridgehead atoms. The van der Waals surface area contributed by atoms with E-state index in [1.54, 1.807) is 30.3 Å². The van der Waals surface area contributed by atoms with E-state index in [9.17, 15) is 25.5 Å². The van der Waals surface area contributed by atoms with E-state index in [-0.39, 0.29) is 43.2 Å². The van der Waals surface area contributed by atoms with Crippen LogP contribution in [0.3, 0.4) is 0 Å². The summed E-state index contributed by atoms with van der Waals surface area (Å²) in [6.07, 6.45) is 1.02. The Hall–Kier alpha value is -2.28. The summed E-state index contributed by atoms with van der Waals surface area (Å²) in [6, 6.07) is 10.00. The molecule has 26 heavy (non-hydrogen) atoms. The van der Waals surface area contributed by atoms with Gasteiger partial charge in [-0.25, -0.2) is 0 Å². The monoisotopic (exact) mass is 362 g/mol.